The van der Waals surface area contributed by atoms with Crippen LogP contribution in [0.4, 0.5) is 5.69 Å². The lowest BCUT2D eigenvalue weighted by Crippen LogP contribution is -2.28. The van der Waals surface area contributed by atoms with Crippen LogP contribution >= 0.6 is 11.3 Å². The summed E-state index contributed by atoms with van der Waals surface area (Å²) in [6, 6.07) is 12.9. The first-order chi connectivity index (χ1) is 15.1. The molecule has 0 bridgehead atoms. The summed E-state index contributed by atoms with van der Waals surface area (Å²) in [5.74, 6) is 0. The van der Waals surface area contributed by atoms with E-state index in [1.165, 1.54) is 37.0 Å². The summed E-state index contributed by atoms with van der Waals surface area (Å²) in [5.41, 5.74) is 3.67. The molecule has 0 unspecified atom stereocenters. The third-order valence-corrected chi connectivity index (χ3v) is 7.10. The third kappa shape index (κ3) is 5.75. The molecule has 0 radical (unpaired) electrons. The highest BCUT2D eigenvalue weighted by molar-refractivity contribution is 7.13. The van der Waals surface area contributed by atoms with E-state index in [4.69, 9.17) is 4.99 Å². The van der Waals surface area contributed by atoms with Gasteiger partial charge in [0.05, 0.1) is 28.5 Å². The second-order valence-corrected chi connectivity index (χ2v) is 9.63. The van der Waals surface area contributed by atoms with E-state index in [2.05, 4.69) is 33.8 Å². The fourth-order valence-electron chi connectivity index (χ4n) is 3.82. The lowest BCUT2D eigenvalue weighted by atomic mass is 10.1. The number of aliphatic imine (C=N–C) groups is 1. The molecule has 2 aliphatic rings. The van der Waals surface area contributed by atoms with Gasteiger partial charge in [-0.25, -0.2) is 4.99 Å². The zero-order valence-electron chi connectivity index (χ0n) is 18.3. The molecular formula is C25H31N5S. The summed E-state index contributed by atoms with van der Waals surface area (Å²) in [6.07, 6.45) is 8.38. The molecule has 5 nitrogen and oxygen atoms in total. The number of likely N-dealkylation sites (tertiary alicyclic amines) is 1. The van der Waals surface area contributed by atoms with Gasteiger partial charge >= 0.3 is 0 Å². The maximum Gasteiger partial charge on any atom is 0.0995 e. The van der Waals surface area contributed by atoms with Gasteiger partial charge in [0.2, 0.25) is 0 Å². The Kier molecular flexibility index (Phi) is 7.06. The quantitative estimate of drug-likeness (QED) is 0.440. The average molecular weight is 434 g/mol. The first-order valence-corrected chi connectivity index (χ1v) is 12.0. The summed E-state index contributed by atoms with van der Waals surface area (Å²) in [4.78, 5) is 11.7. The van der Waals surface area contributed by atoms with Crippen molar-refractivity contribution < 1.29 is 0 Å². The Labute approximate surface area is 189 Å². The molecule has 0 amide bonds. The number of piperidine rings is 1. The number of hydrogen-bond acceptors (Lipinski definition) is 5. The van der Waals surface area contributed by atoms with Crippen LogP contribution in [0.15, 0.2) is 41.9 Å². The van der Waals surface area contributed by atoms with Crippen molar-refractivity contribution in [2.45, 2.75) is 51.2 Å². The van der Waals surface area contributed by atoms with E-state index in [1.54, 1.807) is 11.3 Å². The van der Waals surface area contributed by atoms with Crippen molar-refractivity contribution in [1.29, 1.82) is 5.26 Å². The van der Waals surface area contributed by atoms with Gasteiger partial charge in [0, 0.05) is 49.8 Å². The van der Waals surface area contributed by atoms with Crippen LogP contribution in [0.3, 0.4) is 0 Å². The zero-order chi connectivity index (χ0) is 21.6. The van der Waals surface area contributed by atoms with Crippen LogP contribution in [-0.4, -0.2) is 42.3 Å². The van der Waals surface area contributed by atoms with Crippen molar-refractivity contribution >= 4 is 29.1 Å². The summed E-state index contributed by atoms with van der Waals surface area (Å²) in [5, 5.41) is 13.0. The van der Waals surface area contributed by atoms with Crippen LogP contribution in [0.25, 0.3) is 5.70 Å². The second kappa shape index (κ2) is 10.1. The van der Waals surface area contributed by atoms with Gasteiger partial charge in [-0.2, -0.15) is 5.26 Å². The fourth-order valence-corrected chi connectivity index (χ4v) is 4.90. The molecule has 1 saturated carbocycles. The number of hydrogen-bond donors (Lipinski definition) is 1. The molecule has 2 fully saturated rings. The monoisotopic (exact) mass is 433 g/mol. The number of thiophene rings is 1. The van der Waals surface area contributed by atoms with Gasteiger partial charge in [-0.3, -0.25) is 0 Å². The van der Waals surface area contributed by atoms with Gasteiger partial charge in [-0.05, 0) is 49.8 Å². The smallest absolute Gasteiger partial charge is 0.0995 e. The van der Waals surface area contributed by atoms with Crippen LogP contribution in [0.1, 0.15) is 53.0 Å². The minimum atomic E-state index is 0.644. The van der Waals surface area contributed by atoms with E-state index in [0.29, 0.717) is 18.2 Å². The molecule has 162 valence electrons. The summed E-state index contributed by atoms with van der Waals surface area (Å²) >= 11 is 1.77. The molecule has 1 aliphatic carbocycles. The Morgan fingerprint density at radius 2 is 2.10 bits per heavy atom. The lowest BCUT2D eigenvalue weighted by molar-refractivity contribution is 0.351. The van der Waals surface area contributed by atoms with Crippen LogP contribution < -0.4 is 5.32 Å². The molecule has 6 heteroatoms. The molecule has 1 saturated heterocycles. The van der Waals surface area contributed by atoms with Gasteiger partial charge in [0.25, 0.3) is 0 Å². The SMILES string of the molecule is C=C(c1sc(CNC2CC2)cc1N=CN1CCCCC1)N(C)Cc1ccccc1C#N. The predicted octanol–water partition coefficient (Wildman–Crippen LogP) is 5.12. The summed E-state index contributed by atoms with van der Waals surface area (Å²) < 4.78 is 0. The van der Waals surface area contributed by atoms with Crippen molar-refractivity contribution in [2.75, 3.05) is 20.1 Å². The van der Waals surface area contributed by atoms with Gasteiger partial charge in [-0.1, -0.05) is 24.8 Å². The largest absolute Gasteiger partial charge is 0.369 e. The minimum absolute atomic E-state index is 0.644. The Hall–Kier alpha value is -2.62. The molecular weight excluding hydrogens is 402 g/mol. The van der Waals surface area contributed by atoms with Gasteiger partial charge in [-0.15, -0.1) is 11.3 Å². The van der Waals surface area contributed by atoms with E-state index < -0.39 is 0 Å². The fraction of sp³-hybridized carbons (Fsp3) is 0.440. The summed E-state index contributed by atoms with van der Waals surface area (Å²) in [6.45, 7) is 8.10. The van der Waals surface area contributed by atoms with E-state index in [0.717, 1.165) is 41.5 Å². The second-order valence-electron chi connectivity index (χ2n) is 8.50. The molecule has 1 N–H and O–H groups in total. The Morgan fingerprint density at radius 1 is 1.32 bits per heavy atom. The molecule has 1 aromatic heterocycles. The van der Waals surface area contributed by atoms with Crippen LogP contribution in [0.2, 0.25) is 0 Å². The van der Waals surface area contributed by atoms with Crippen molar-refractivity contribution in [3.05, 3.63) is 57.8 Å². The Balaban J connectivity index is 1.52. The van der Waals surface area contributed by atoms with Gasteiger partial charge < -0.3 is 15.1 Å². The van der Waals surface area contributed by atoms with E-state index in [1.807, 2.05) is 37.7 Å². The van der Waals surface area contributed by atoms with E-state index >= 15 is 0 Å². The number of rotatable bonds is 9. The predicted molar refractivity (Wildman–Crippen MR) is 129 cm³/mol. The molecule has 2 heterocycles. The minimum Gasteiger partial charge on any atom is -0.369 e. The van der Waals surface area contributed by atoms with E-state index in [9.17, 15) is 5.26 Å². The summed E-state index contributed by atoms with van der Waals surface area (Å²) in [7, 11) is 2.04. The molecule has 2 aromatic rings. The molecule has 0 spiro atoms. The highest BCUT2D eigenvalue weighted by Crippen LogP contribution is 2.37. The maximum atomic E-state index is 9.42. The average Bonchev–Trinajstić information content (AvgIpc) is 3.55. The molecule has 0 atom stereocenters. The van der Waals surface area contributed by atoms with Gasteiger partial charge in [0.15, 0.2) is 0 Å². The van der Waals surface area contributed by atoms with Crippen molar-refractivity contribution in [3.63, 3.8) is 0 Å². The molecule has 31 heavy (non-hydrogen) atoms. The Bertz CT molecular complexity index is 976. The lowest BCUT2D eigenvalue weighted by Gasteiger charge is -2.24. The molecule has 4 rings (SSSR count). The number of benzene rings is 1. The zero-order valence-corrected chi connectivity index (χ0v) is 19.1. The number of nitrogens with one attached hydrogen (secondary N) is 1. The highest BCUT2D eigenvalue weighted by Gasteiger charge is 2.21. The molecule has 1 aromatic carbocycles. The first kappa shape index (κ1) is 21.6. The number of nitriles is 1. The van der Waals surface area contributed by atoms with Crippen LogP contribution in [0, 0.1) is 11.3 Å². The maximum absolute atomic E-state index is 9.42. The van der Waals surface area contributed by atoms with Crippen molar-refractivity contribution in [3.8, 4) is 6.07 Å². The van der Waals surface area contributed by atoms with E-state index in [-0.39, 0.29) is 0 Å². The van der Waals surface area contributed by atoms with Crippen LogP contribution in [0.5, 0.6) is 0 Å². The first-order valence-electron chi connectivity index (χ1n) is 11.2. The standard InChI is InChI=1S/C25H31N5S/c1-19(29(2)17-21-9-5-4-8-20(21)15-26)25-24(28-18-30-12-6-3-7-13-30)14-23(31-25)16-27-22-10-11-22/h4-5,8-9,14,18,22,27H,1,3,6-7,10-13,16-17H2,2H3. The third-order valence-electron chi connectivity index (χ3n) is 5.92. The van der Waals surface area contributed by atoms with Gasteiger partial charge in [0.1, 0.15) is 0 Å². The highest BCUT2D eigenvalue weighted by atomic mass is 32.1. The van der Waals surface area contributed by atoms with Crippen molar-refractivity contribution in [1.82, 2.24) is 15.1 Å². The van der Waals surface area contributed by atoms with Crippen molar-refractivity contribution in [2.24, 2.45) is 4.99 Å². The normalized spacial score (nSPS) is 16.5. The number of nitrogens with zero attached hydrogens (tertiary/aromatic N) is 4. The topological polar surface area (TPSA) is 54.7 Å². The Morgan fingerprint density at radius 3 is 2.84 bits per heavy atom. The molecule has 1 aliphatic heterocycles. The van der Waals surface area contributed by atoms with Crippen LogP contribution in [-0.2, 0) is 13.1 Å².